The predicted octanol–water partition coefficient (Wildman–Crippen LogP) is 2.23. The summed E-state index contributed by atoms with van der Waals surface area (Å²) < 4.78 is 51.1. The fraction of sp³-hybridized carbons (Fsp3) is 0.367. The van der Waals surface area contributed by atoms with E-state index in [-0.39, 0.29) is 56.3 Å². The Hall–Kier alpha value is -4.47. The van der Waals surface area contributed by atoms with Crippen molar-refractivity contribution in [3.63, 3.8) is 0 Å². The molecule has 0 radical (unpaired) electrons. The third kappa shape index (κ3) is 5.51. The zero-order valence-corrected chi connectivity index (χ0v) is 25.8. The Bertz CT molecular complexity index is 1970. The maximum absolute atomic E-state index is 14.2. The average Bonchev–Trinajstić information content (AvgIpc) is 3.36. The first-order valence-corrected chi connectivity index (χ1v) is 15.9. The molecule has 2 aliphatic rings. The molecule has 45 heavy (non-hydrogen) atoms. The highest BCUT2D eigenvalue weighted by molar-refractivity contribution is 7.89. The normalized spacial score (nSPS) is 16.4. The molecule has 0 bridgehead atoms. The lowest BCUT2D eigenvalue weighted by Crippen LogP contribution is -2.52. The molecule has 4 heterocycles. The summed E-state index contributed by atoms with van der Waals surface area (Å²) in [7, 11) is -3.76. The van der Waals surface area contributed by atoms with Crippen LogP contribution in [0.1, 0.15) is 51.9 Å². The number of benzene rings is 2. The maximum Gasteiger partial charge on any atom is 0.296 e. The molecule has 1 amide bonds. The third-order valence-corrected chi connectivity index (χ3v) is 10.2. The van der Waals surface area contributed by atoms with Crippen molar-refractivity contribution in [3.05, 3.63) is 92.9 Å². The van der Waals surface area contributed by atoms with E-state index in [1.54, 1.807) is 38.1 Å². The second kappa shape index (κ2) is 11.5. The first-order chi connectivity index (χ1) is 21.4. The van der Waals surface area contributed by atoms with E-state index >= 15 is 0 Å². The maximum atomic E-state index is 14.2. The number of hydrogen-bond acceptors (Lipinski definition) is 9. The van der Waals surface area contributed by atoms with Crippen molar-refractivity contribution < 1.29 is 27.4 Å². The molecule has 2 aromatic carbocycles. The van der Waals surface area contributed by atoms with Crippen molar-refractivity contribution in [2.24, 2.45) is 0 Å². The Kier molecular flexibility index (Phi) is 7.79. The molecule has 13 nitrogen and oxygen atoms in total. The van der Waals surface area contributed by atoms with Crippen LogP contribution >= 0.6 is 0 Å². The Morgan fingerprint density at radius 3 is 2.44 bits per heavy atom. The molecule has 0 aliphatic carbocycles. The van der Waals surface area contributed by atoms with Gasteiger partial charge in [-0.3, -0.25) is 14.2 Å². The van der Waals surface area contributed by atoms with E-state index in [1.165, 1.54) is 31.8 Å². The van der Waals surface area contributed by atoms with Gasteiger partial charge in [-0.25, -0.2) is 27.5 Å². The molecule has 2 aliphatic heterocycles. The van der Waals surface area contributed by atoms with Gasteiger partial charge in [0.25, 0.3) is 11.5 Å². The third-order valence-electron chi connectivity index (χ3n) is 8.24. The van der Waals surface area contributed by atoms with Crippen LogP contribution in [0, 0.1) is 26.6 Å². The molecular formula is C30H32FN7O6S. The van der Waals surface area contributed by atoms with E-state index in [4.69, 9.17) is 4.74 Å². The number of carbonyl (C=O) groups excluding carboxylic acids is 1. The Labute approximate surface area is 258 Å². The molecular weight excluding hydrogens is 605 g/mol. The van der Waals surface area contributed by atoms with Crippen LogP contribution in [0.15, 0.2) is 52.2 Å². The second-order valence-electron chi connectivity index (χ2n) is 11.2. The number of hydrogen-bond donors (Lipinski definition) is 2. The summed E-state index contributed by atoms with van der Waals surface area (Å²) in [5, 5.41) is 17.7. The van der Waals surface area contributed by atoms with Gasteiger partial charge in [-0.15, -0.1) is 0 Å². The van der Waals surface area contributed by atoms with E-state index in [0.29, 0.717) is 22.9 Å². The standard InChI is InChI=1S/C30H32FN7O6S/c1-18-4-8-23(9-5-18)45(42,43)36-12-10-30(11-13-36)29-34-25(26(39)28(41)37(29)14-15-44-30)27(40)32-17-21-6-7-22(31)16-24(21)38-20(3)33-19(2)35-38/h4-9,16,39H,10-15,17H2,1-3H3,(H,32,40). The van der Waals surface area contributed by atoms with Crippen LogP contribution < -0.4 is 10.9 Å². The van der Waals surface area contributed by atoms with E-state index in [9.17, 15) is 27.5 Å². The molecule has 1 fully saturated rings. The van der Waals surface area contributed by atoms with Crippen LogP contribution in [0.25, 0.3) is 5.69 Å². The van der Waals surface area contributed by atoms with Gasteiger partial charge in [0, 0.05) is 19.6 Å². The van der Waals surface area contributed by atoms with Crippen LogP contribution in [0.5, 0.6) is 5.75 Å². The van der Waals surface area contributed by atoms with Gasteiger partial charge in [0.1, 0.15) is 28.9 Å². The topological polar surface area (TPSA) is 162 Å². The van der Waals surface area contributed by atoms with Crippen LogP contribution in [0.2, 0.25) is 0 Å². The van der Waals surface area contributed by atoms with Gasteiger partial charge in [-0.2, -0.15) is 9.40 Å². The van der Waals surface area contributed by atoms with Gasteiger partial charge < -0.3 is 15.2 Å². The average molecular weight is 638 g/mol. The number of aryl methyl sites for hydroxylation is 3. The minimum Gasteiger partial charge on any atom is -0.501 e. The van der Waals surface area contributed by atoms with Crippen molar-refractivity contribution in [2.45, 2.75) is 57.2 Å². The van der Waals surface area contributed by atoms with Crippen molar-refractivity contribution in [1.29, 1.82) is 0 Å². The highest BCUT2D eigenvalue weighted by atomic mass is 32.2. The summed E-state index contributed by atoms with van der Waals surface area (Å²) in [4.78, 5) is 35.5. The van der Waals surface area contributed by atoms with Crippen LogP contribution in [-0.4, -0.2) is 67.7 Å². The fourth-order valence-corrected chi connectivity index (χ4v) is 7.30. The summed E-state index contributed by atoms with van der Waals surface area (Å²) in [6.45, 7) is 5.66. The predicted molar refractivity (Wildman–Crippen MR) is 159 cm³/mol. The zero-order chi connectivity index (χ0) is 32.1. The monoisotopic (exact) mass is 637 g/mol. The molecule has 0 unspecified atom stereocenters. The molecule has 4 aromatic rings. The quantitative estimate of drug-likeness (QED) is 0.323. The number of sulfonamides is 1. The molecule has 0 saturated carbocycles. The number of carbonyl (C=O) groups is 1. The Morgan fingerprint density at radius 1 is 1.07 bits per heavy atom. The van der Waals surface area contributed by atoms with Crippen molar-refractivity contribution in [1.82, 2.24) is 33.9 Å². The molecule has 0 atom stereocenters. The molecule has 2 aromatic heterocycles. The number of halogens is 1. The summed E-state index contributed by atoms with van der Waals surface area (Å²) in [6, 6.07) is 10.6. The van der Waals surface area contributed by atoms with Crippen LogP contribution in [-0.2, 0) is 33.5 Å². The van der Waals surface area contributed by atoms with Gasteiger partial charge in [0.15, 0.2) is 5.69 Å². The van der Waals surface area contributed by atoms with Crippen molar-refractivity contribution in [2.75, 3.05) is 19.7 Å². The molecule has 2 N–H and O–H groups in total. The second-order valence-corrected chi connectivity index (χ2v) is 13.2. The van der Waals surface area contributed by atoms with Gasteiger partial charge in [-0.05, 0) is 63.4 Å². The largest absolute Gasteiger partial charge is 0.501 e. The molecule has 1 spiro atoms. The van der Waals surface area contributed by atoms with Crippen molar-refractivity contribution >= 4 is 15.9 Å². The van der Waals surface area contributed by atoms with E-state index < -0.39 is 44.4 Å². The number of piperidine rings is 1. The Morgan fingerprint density at radius 2 is 1.78 bits per heavy atom. The molecule has 15 heteroatoms. The SMILES string of the molecule is Cc1ccc(S(=O)(=O)N2CCC3(CC2)OCCn2c3nc(C(=O)NCc3ccc(F)cc3-n3nc(C)nc3C)c(O)c2=O)cc1. The number of amides is 1. The highest BCUT2D eigenvalue weighted by Gasteiger charge is 2.46. The summed E-state index contributed by atoms with van der Waals surface area (Å²) >= 11 is 0. The van der Waals surface area contributed by atoms with Gasteiger partial charge in [0.05, 0.1) is 23.7 Å². The lowest BCUT2D eigenvalue weighted by molar-refractivity contribution is -0.110. The Balaban J connectivity index is 1.26. The van der Waals surface area contributed by atoms with E-state index in [0.717, 1.165) is 5.56 Å². The van der Waals surface area contributed by atoms with Gasteiger partial charge >= 0.3 is 0 Å². The smallest absolute Gasteiger partial charge is 0.296 e. The number of fused-ring (bicyclic) bond motifs is 2. The van der Waals surface area contributed by atoms with E-state index in [1.807, 2.05) is 6.92 Å². The number of nitrogens with one attached hydrogen (secondary N) is 1. The number of rotatable bonds is 6. The van der Waals surface area contributed by atoms with Crippen LogP contribution in [0.4, 0.5) is 4.39 Å². The number of ether oxygens (including phenoxy) is 1. The lowest BCUT2D eigenvalue weighted by atomic mass is 9.89. The lowest BCUT2D eigenvalue weighted by Gasteiger charge is -2.43. The summed E-state index contributed by atoms with van der Waals surface area (Å²) in [5.41, 5.74) is -0.589. The van der Waals surface area contributed by atoms with Crippen molar-refractivity contribution in [3.8, 4) is 11.4 Å². The minimum atomic E-state index is -3.76. The minimum absolute atomic E-state index is 0.0974. The highest BCUT2D eigenvalue weighted by Crippen LogP contribution is 2.39. The van der Waals surface area contributed by atoms with Gasteiger partial charge in [-0.1, -0.05) is 23.8 Å². The van der Waals surface area contributed by atoms with Gasteiger partial charge in [0.2, 0.25) is 15.8 Å². The number of nitrogens with zero attached hydrogens (tertiary/aromatic N) is 6. The summed E-state index contributed by atoms with van der Waals surface area (Å²) in [5.74, 6) is -0.964. The zero-order valence-electron chi connectivity index (χ0n) is 24.9. The summed E-state index contributed by atoms with van der Waals surface area (Å²) in [6.07, 6.45) is 0.373. The molecule has 236 valence electrons. The first-order valence-electron chi connectivity index (χ1n) is 14.4. The number of aromatic nitrogens is 5. The molecule has 6 rings (SSSR count). The fourth-order valence-electron chi connectivity index (χ4n) is 5.86. The van der Waals surface area contributed by atoms with Crippen LogP contribution in [0.3, 0.4) is 0 Å². The molecule has 1 saturated heterocycles. The number of aromatic hydroxyl groups is 1. The van der Waals surface area contributed by atoms with E-state index in [2.05, 4.69) is 20.4 Å². The first kappa shape index (κ1) is 30.6.